The molecule has 8 nitrogen and oxygen atoms in total. The second kappa shape index (κ2) is 11.3. The molecule has 4 atom stereocenters. The number of carbonyl (C=O) groups excluding carboxylic acids is 1. The standard InChI is InChI=1S/C33H43N3O5/c37-20-21-4-6-25(7-5-21)30-14-29(19-36-9-8-28(38)18-36)40-31(41-30)26-2-1-3-27(13-26)34-32(39)35-33-15-22-10-23(16-33)12-24(11-22)17-33/h1-7,13,22-24,28-31,37-38H,8-12,14-20H2,(H2,34,35,39)/t22?,23?,24?,28-,29+,30-,31-,33?/m0/s1. The number of hydrogen-bond donors (Lipinski definition) is 4. The Morgan fingerprint density at radius 1 is 0.951 bits per heavy atom. The van der Waals surface area contributed by atoms with Crippen LogP contribution < -0.4 is 10.6 Å². The summed E-state index contributed by atoms with van der Waals surface area (Å²) in [7, 11) is 0. The minimum atomic E-state index is -0.586. The van der Waals surface area contributed by atoms with Crippen molar-refractivity contribution >= 4 is 11.7 Å². The maximum absolute atomic E-state index is 13.2. The predicted octanol–water partition coefficient (Wildman–Crippen LogP) is 4.88. The molecule has 2 heterocycles. The van der Waals surface area contributed by atoms with Gasteiger partial charge in [-0.3, -0.25) is 4.90 Å². The smallest absolute Gasteiger partial charge is 0.319 e. The molecule has 0 aromatic heterocycles. The van der Waals surface area contributed by atoms with E-state index in [-0.39, 0.29) is 36.5 Å². The second-order valence-electron chi connectivity index (χ2n) is 13.5. The minimum absolute atomic E-state index is 0.00762. The molecule has 41 heavy (non-hydrogen) atoms. The third-order valence-corrected chi connectivity index (χ3v) is 10.2. The molecule has 4 saturated carbocycles. The fraction of sp³-hybridized carbons (Fsp3) is 0.606. The Balaban J connectivity index is 1.05. The van der Waals surface area contributed by atoms with Gasteiger partial charge in [0.2, 0.25) is 0 Å². The highest BCUT2D eigenvalue weighted by molar-refractivity contribution is 5.89. The summed E-state index contributed by atoms with van der Waals surface area (Å²) in [6, 6.07) is 15.6. The van der Waals surface area contributed by atoms with Crippen LogP contribution in [0.1, 0.15) is 80.5 Å². The molecule has 0 unspecified atom stereocenters. The zero-order valence-electron chi connectivity index (χ0n) is 23.7. The van der Waals surface area contributed by atoms with E-state index in [2.05, 4.69) is 15.5 Å². The number of β-amino-alcohol motifs (C(OH)–C–C–N with tert-alkyl or cyclic N) is 1. The monoisotopic (exact) mass is 561 g/mol. The first-order valence-corrected chi connectivity index (χ1v) is 15.5. The number of carbonyl (C=O) groups is 1. The maximum Gasteiger partial charge on any atom is 0.319 e. The largest absolute Gasteiger partial charge is 0.392 e. The van der Waals surface area contributed by atoms with Crippen LogP contribution >= 0.6 is 0 Å². The van der Waals surface area contributed by atoms with Crippen molar-refractivity contribution in [2.75, 3.05) is 25.0 Å². The highest BCUT2D eigenvalue weighted by Gasteiger charge is 2.51. The lowest BCUT2D eigenvalue weighted by atomic mass is 9.53. The fourth-order valence-corrected chi connectivity index (χ4v) is 8.73. The molecule has 2 saturated heterocycles. The minimum Gasteiger partial charge on any atom is -0.392 e. The van der Waals surface area contributed by atoms with E-state index in [1.165, 1.54) is 19.3 Å². The van der Waals surface area contributed by atoms with Crippen LogP contribution in [-0.4, -0.2) is 58.5 Å². The van der Waals surface area contributed by atoms with Crippen molar-refractivity contribution in [1.29, 1.82) is 0 Å². The van der Waals surface area contributed by atoms with Crippen molar-refractivity contribution in [1.82, 2.24) is 10.2 Å². The zero-order valence-corrected chi connectivity index (χ0v) is 23.7. The summed E-state index contributed by atoms with van der Waals surface area (Å²) in [5.74, 6) is 2.32. The molecular weight excluding hydrogens is 518 g/mol. The van der Waals surface area contributed by atoms with Crippen LogP contribution in [0.25, 0.3) is 0 Å². The van der Waals surface area contributed by atoms with Crippen molar-refractivity contribution in [3.63, 3.8) is 0 Å². The average molecular weight is 562 g/mol. The second-order valence-corrected chi connectivity index (χ2v) is 13.5. The van der Waals surface area contributed by atoms with Gasteiger partial charge in [-0.05, 0) is 86.0 Å². The van der Waals surface area contributed by atoms with Crippen molar-refractivity contribution in [2.45, 2.75) is 88.1 Å². The molecule has 2 amide bonds. The van der Waals surface area contributed by atoms with Crippen molar-refractivity contribution in [2.24, 2.45) is 17.8 Å². The number of benzene rings is 2. The van der Waals surface area contributed by atoms with Crippen molar-refractivity contribution in [3.05, 3.63) is 65.2 Å². The number of ether oxygens (including phenoxy) is 2. The third-order valence-electron chi connectivity index (χ3n) is 10.2. The average Bonchev–Trinajstić information content (AvgIpc) is 3.36. The van der Waals surface area contributed by atoms with E-state index in [1.54, 1.807) is 0 Å². The van der Waals surface area contributed by atoms with Crippen LogP contribution in [0, 0.1) is 17.8 Å². The maximum atomic E-state index is 13.2. The van der Waals surface area contributed by atoms with E-state index >= 15 is 0 Å². The Hall–Kier alpha value is -2.49. The normalized spacial score (nSPS) is 36.4. The van der Waals surface area contributed by atoms with Gasteiger partial charge < -0.3 is 30.3 Å². The summed E-state index contributed by atoms with van der Waals surface area (Å²) in [5.41, 5.74) is 3.46. The SMILES string of the molecule is O=C(Nc1cccc([C@H]2O[C@@H](CN3CC[C@H](O)C3)C[C@@H](c3ccc(CO)cc3)O2)c1)NC12CC3CC(CC(C3)C1)C2. The van der Waals surface area contributed by atoms with Crippen LogP contribution in [0.2, 0.25) is 0 Å². The number of hydrogen-bond acceptors (Lipinski definition) is 6. The molecule has 0 radical (unpaired) electrons. The zero-order chi connectivity index (χ0) is 28.0. The van der Waals surface area contributed by atoms with Gasteiger partial charge in [0.05, 0.1) is 24.9 Å². The van der Waals surface area contributed by atoms with E-state index in [0.717, 1.165) is 78.9 Å². The number of amides is 2. The summed E-state index contributed by atoms with van der Waals surface area (Å²) in [4.78, 5) is 15.5. The van der Waals surface area contributed by atoms with E-state index < -0.39 is 6.29 Å². The van der Waals surface area contributed by atoms with Gasteiger partial charge in [0, 0.05) is 42.8 Å². The van der Waals surface area contributed by atoms with Crippen LogP contribution in [0.5, 0.6) is 0 Å². The summed E-state index contributed by atoms with van der Waals surface area (Å²) in [6.45, 7) is 2.27. The predicted molar refractivity (Wildman–Crippen MR) is 155 cm³/mol. The Morgan fingerprint density at radius 2 is 1.68 bits per heavy atom. The Bertz CT molecular complexity index is 1200. The molecule has 2 aliphatic heterocycles. The molecular formula is C33H43N3O5. The number of urea groups is 1. The topological polar surface area (TPSA) is 103 Å². The first-order valence-electron chi connectivity index (χ1n) is 15.5. The summed E-state index contributed by atoms with van der Waals surface area (Å²) >= 11 is 0. The molecule has 220 valence electrons. The molecule has 6 fully saturated rings. The Morgan fingerprint density at radius 3 is 2.34 bits per heavy atom. The summed E-state index contributed by atoms with van der Waals surface area (Å²) in [5, 5.41) is 26.0. The molecule has 8 rings (SSSR count). The van der Waals surface area contributed by atoms with Gasteiger partial charge in [-0.2, -0.15) is 0 Å². The number of aliphatic hydroxyl groups excluding tert-OH is 2. The van der Waals surface area contributed by atoms with Crippen molar-refractivity contribution in [3.8, 4) is 0 Å². The van der Waals surface area contributed by atoms with Gasteiger partial charge in [0.25, 0.3) is 0 Å². The van der Waals surface area contributed by atoms with Gasteiger partial charge in [-0.15, -0.1) is 0 Å². The van der Waals surface area contributed by atoms with Gasteiger partial charge in [0.15, 0.2) is 6.29 Å². The van der Waals surface area contributed by atoms with E-state index in [1.807, 2.05) is 48.5 Å². The van der Waals surface area contributed by atoms with Gasteiger partial charge in [-0.1, -0.05) is 36.4 Å². The molecule has 0 spiro atoms. The Kier molecular flexibility index (Phi) is 7.54. The first-order chi connectivity index (χ1) is 19.9. The van der Waals surface area contributed by atoms with E-state index in [4.69, 9.17) is 9.47 Å². The molecule has 2 aromatic rings. The summed E-state index contributed by atoms with van der Waals surface area (Å²) < 4.78 is 13.0. The van der Waals surface area contributed by atoms with Crippen LogP contribution in [0.15, 0.2) is 48.5 Å². The number of nitrogens with zero attached hydrogens (tertiary/aromatic N) is 1. The van der Waals surface area contributed by atoms with Gasteiger partial charge >= 0.3 is 6.03 Å². The quantitative estimate of drug-likeness (QED) is 0.384. The third kappa shape index (κ3) is 6.04. The number of likely N-dealkylation sites (tertiary alicyclic amines) is 1. The number of nitrogens with one attached hydrogen (secondary N) is 2. The molecule has 4 aliphatic carbocycles. The lowest BCUT2D eigenvalue weighted by molar-refractivity contribution is -0.252. The molecule has 4 N–H and O–H groups in total. The number of anilines is 1. The van der Waals surface area contributed by atoms with Gasteiger partial charge in [0.1, 0.15) is 0 Å². The fourth-order valence-electron chi connectivity index (χ4n) is 8.73. The lowest BCUT2D eigenvalue weighted by Crippen LogP contribution is -2.60. The first kappa shape index (κ1) is 27.3. The van der Waals surface area contributed by atoms with E-state index in [9.17, 15) is 15.0 Å². The molecule has 6 aliphatic rings. The molecule has 8 heteroatoms. The number of rotatable bonds is 7. The van der Waals surface area contributed by atoms with Crippen LogP contribution in [0.4, 0.5) is 10.5 Å². The highest BCUT2D eigenvalue weighted by atomic mass is 16.7. The molecule has 2 aromatic carbocycles. The molecule has 4 bridgehead atoms. The Labute approximate surface area is 242 Å². The number of aliphatic hydroxyl groups is 2. The summed E-state index contributed by atoms with van der Waals surface area (Å²) in [6.07, 6.45) is 7.77. The van der Waals surface area contributed by atoms with Crippen LogP contribution in [0.3, 0.4) is 0 Å². The van der Waals surface area contributed by atoms with E-state index in [0.29, 0.717) is 13.0 Å². The van der Waals surface area contributed by atoms with Gasteiger partial charge in [-0.25, -0.2) is 4.79 Å². The van der Waals surface area contributed by atoms with Crippen LogP contribution in [-0.2, 0) is 16.1 Å². The van der Waals surface area contributed by atoms with Crippen molar-refractivity contribution < 1.29 is 24.5 Å². The lowest BCUT2D eigenvalue weighted by Gasteiger charge is -2.56. The highest BCUT2D eigenvalue weighted by Crippen LogP contribution is 2.55.